The number of carbonyl (C=O) groups excluding carboxylic acids is 1. The smallest absolute Gasteiger partial charge is 0.273 e. The molecule has 6 nitrogen and oxygen atoms in total. The molecular weight excluding hydrogens is 469 g/mol. The number of likely N-dealkylation sites (tertiary alicyclic amines) is 1. The number of hydrogen-bond acceptors (Lipinski definition) is 5. The number of rotatable bonds is 4. The highest BCUT2D eigenvalue weighted by Gasteiger charge is 2.54. The summed E-state index contributed by atoms with van der Waals surface area (Å²) in [6, 6.07) is 0.576. The summed E-state index contributed by atoms with van der Waals surface area (Å²) < 4.78 is 27.5. The van der Waals surface area contributed by atoms with Crippen LogP contribution in [0.3, 0.4) is 0 Å². The van der Waals surface area contributed by atoms with Crippen LogP contribution in [0, 0.1) is 23.7 Å². The highest BCUT2D eigenvalue weighted by atomic mass is 31.0. The minimum Gasteiger partial charge on any atom is -0.378 e. The second-order valence-electron chi connectivity index (χ2n) is 12.4. The van der Waals surface area contributed by atoms with Crippen LogP contribution >= 0.6 is 9.24 Å². The Morgan fingerprint density at radius 3 is 2.23 bits per heavy atom. The highest BCUT2D eigenvalue weighted by Crippen LogP contribution is 2.47. The predicted octanol–water partition coefficient (Wildman–Crippen LogP) is 3.46. The molecule has 0 spiro atoms. The van der Waals surface area contributed by atoms with Gasteiger partial charge < -0.3 is 10.0 Å². The summed E-state index contributed by atoms with van der Waals surface area (Å²) >= 11 is 0. The molecule has 3 aliphatic heterocycles. The van der Waals surface area contributed by atoms with Crippen molar-refractivity contribution in [2.24, 2.45) is 23.7 Å². The van der Waals surface area contributed by atoms with E-state index in [1.54, 1.807) is 9.24 Å². The van der Waals surface area contributed by atoms with E-state index in [1.165, 1.54) is 44.9 Å². The Bertz CT molecular complexity index is 788. The third-order valence-electron chi connectivity index (χ3n) is 10.4. The summed E-state index contributed by atoms with van der Waals surface area (Å²) in [5.41, 5.74) is 0.964. The first-order chi connectivity index (χ1) is 16.8. The van der Waals surface area contributed by atoms with Crippen LogP contribution in [0.15, 0.2) is 0 Å². The van der Waals surface area contributed by atoms with E-state index in [-0.39, 0.29) is 18.4 Å². The van der Waals surface area contributed by atoms with Crippen LogP contribution in [0.2, 0.25) is 0 Å². The summed E-state index contributed by atoms with van der Waals surface area (Å²) in [4.78, 5) is 15.8. The van der Waals surface area contributed by atoms with Gasteiger partial charge in [0.2, 0.25) is 5.91 Å². The van der Waals surface area contributed by atoms with Gasteiger partial charge in [-0.05, 0) is 82.5 Å². The predicted molar refractivity (Wildman–Crippen MR) is 133 cm³/mol. The number of halogens is 2. The summed E-state index contributed by atoms with van der Waals surface area (Å²) in [6.45, 7) is 0.708. The van der Waals surface area contributed by atoms with E-state index in [9.17, 15) is 18.7 Å². The molecule has 0 aromatic heterocycles. The largest absolute Gasteiger partial charge is 0.378 e. The van der Waals surface area contributed by atoms with Gasteiger partial charge in [-0.25, -0.2) is 13.8 Å². The normalized spacial score (nSPS) is 45.1. The molecule has 8 atom stereocenters. The van der Waals surface area contributed by atoms with Gasteiger partial charge in [0.05, 0.1) is 12.0 Å². The van der Waals surface area contributed by atoms with Gasteiger partial charge >= 0.3 is 0 Å². The molecular formula is C26H43F2N4O2P. The van der Waals surface area contributed by atoms with Gasteiger partial charge in [-0.3, -0.25) is 15.5 Å². The third-order valence-corrected chi connectivity index (χ3v) is 10.8. The maximum absolute atomic E-state index is 13.8. The quantitative estimate of drug-likeness (QED) is 0.504. The van der Waals surface area contributed by atoms with Crippen molar-refractivity contribution in [2.75, 3.05) is 6.54 Å². The summed E-state index contributed by atoms with van der Waals surface area (Å²) in [6.07, 6.45) is 12.9. The molecule has 6 rings (SSSR count). The van der Waals surface area contributed by atoms with Crippen LogP contribution < -0.4 is 10.7 Å². The first-order valence-electron chi connectivity index (χ1n) is 14.3. The maximum atomic E-state index is 13.8. The number of amides is 1. The molecule has 3 aliphatic carbocycles. The number of aliphatic hydroxyl groups excluding tert-OH is 1. The van der Waals surface area contributed by atoms with Crippen molar-refractivity contribution in [3.63, 3.8) is 0 Å². The Morgan fingerprint density at radius 2 is 1.57 bits per heavy atom. The zero-order valence-electron chi connectivity index (χ0n) is 20.8. The molecule has 3 N–H and O–H groups in total. The number of aliphatic hydroxyl groups is 1. The Hall–Kier alpha value is -0.400. The molecule has 3 heterocycles. The molecule has 198 valence electrons. The SMILES string of the molecule is O=C(C1CCC(C(F)(F)P)NC1O)N1CCC2C3C(CCCC[C@@H]31)NN2C1CCC(C2CC2)CC1. The van der Waals surface area contributed by atoms with Crippen LogP contribution in [-0.2, 0) is 4.79 Å². The molecule has 35 heavy (non-hydrogen) atoms. The monoisotopic (exact) mass is 512 g/mol. The molecule has 9 heteroatoms. The number of hydrazine groups is 1. The van der Waals surface area contributed by atoms with Gasteiger partial charge in [0.1, 0.15) is 6.23 Å². The molecule has 6 fully saturated rings. The van der Waals surface area contributed by atoms with Crippen molar-refractivity contribution in [3.05, 3.63) is 0 Å². The Balaban J connectivity index is 1.14. The van der Waals surface area contributed by atoms with Gasteiger partial charge in [0.25, 0.3) is 5.66 Å². The number of piperidine rings is 2. The van der Waals surface area contributed by atoms with Crippen LogP contribution in [0.4, 0.5) is 8.78 Å². The molecule has 6 aliphatic rings. The van der Waals surface area contributed by atoms with E-state index in [1.807, 2.05) is 4.90 Å². The van der Waals surface area contributed by atoms with E-state index < -0.39 is 23.9 Å². The zero-order valence-corrected chi connectivity index (χ0v) is 21.9. The van der Waals surface area contributed by atoms with E-state index >= 15 is 0 Å². The third kappa shape index (κ3) is 4.80. The van der Waals surface area contributed by atoms with Crippen molar-refractivity contribution < 1.29 is 18.7 Å². The van der Waals surface area contributed by atoms with Crippen LogP contribution in [0.1, 0.15) is 83.5 Å². The lowest BCUT2D eigenvalue weighted by atomic mass is 9.78. The Morgan fingerprint density at radius 1 is 0.886 bits per heavy atom. The molecule has 0 aromatic carbocycles. The fourth-order valence-corrected chi connectivity index (χ4v) is 8.67. The highest BCUT2D eigenvalue weighted by molar-refractivity contribution is 7.18. The van der Waals surface area contributed by atoms with Crippen molar-refractivity contribution >= 4 is 15.1 Å². The maximum Gasteiger partial charge on any atom is 0.273 e. The van der Waals surface area contributed by atoms with Crippen molar-refractivity contribution in [2.45, 2.75) is 126 Å². The molecule has 0 bridgehead atoms. The minimum absolute atomic E-state index is 0.0389. The average Bonchev–Trinajstić information content (AvgIpc) is 3.65. The lowest BCUT2D eigenvalue weighted by Gasteiger charge is -2.48. The fraction of sp³-hybridized carbons (Fsp3) is 0.962. The van der Waals surface area contributed by atoms with E-state index in [4.69, 9.17) is 0 Å². The van der Waals surface area contributed by atoms with Gasteiger partial charge in [0.15, 0.2) is 0 Å². The molecule has 3 saturated carbocycles. The van der Waals surface area contributed by atoms with Crippen molar-refractivity contribution in [1.82, 2.24) is 20.7 Å². The standard InChI is InChI=1S/C26H43F2N4O2P/c27-26(28,35)22-12-11-18(24(33)29-22)25(34)31-14-13-21-23-19(3-1-2-4-20(23)31)30-32(21)17-9-7-16(8-10-17)15-5-6-15/h15-24,29-30,33H,1-14,35H2/t16?,17?,18?,19?,20-,21?,22?,23?,24?/m0/s1. The fourth-order valence-electron chi connectivity index (χ4n) is 8.40. The Kier molecular flexibility index (Phi) is 6.92. The summed E-state index contributed by atoms with van der Waals surface area (Å²) in [5, 5.41) is 15.9. The number of hydrogen-bond donors (Lipinski definition) is 3. The lowest BCUT2D eigenvalue weighted by molar-refractivity contribution is -0.150. The molecule has 0 radical (unpaired) electrons. The lowest BCUT2D eigenvalue weighted by Crippen LogP contribution is -2.61. The van der Waals surface area contributed by atoms with Crippen molar-refractivity contribution in [3.8, 4) is 0 Å². The first kappa shape index (κ1) is 24.9. The minimum atomic E-state index is -2.99. The van der Waals surface area contributed by atoms with E-state index in [0.29, 0.717) is 37.0 Å². The molecule has 7 unspecified atom stereocenters. The second kappa shape index (κ2) is 9.72. The topological polar surface area (TPSA) is 67.8 Å². The molecule has 1 amide bonds. The number of carbonyl (C=O) groups is 1. The zero-order chi connectivity index (χ0) is 24.3. The Labute approximate surface area is 210 Å². The van der Waals surface area contributed by atoms with E-state index in [0.717, 1.165) is 37.5 Å². The van der Waals surface area contributed by atoms with Crippen LogP contribution in [-0.4, -0.2) is 69.6 Å². The average molecular weight is 513 g/mol. The van der Waals surface area contributed by atoms with Crippen LogP contribution in [0.25, 0.3) is 0 Å². The number of nitrogens with zero attached hydrogens (tertiary/aromatic N) is 2. The molecule has 3 saturated heterocycles. The van der Waals surface area contributed by atoms with Gasteiger partial charge in [-0.15, -0.1) is 0 Å². The number of alkyl halides is 2. The van der Waals surface area contributed by atoms with Gasteiger partial charge in [0, 0.05) is 36.6 Å². The summed E-state index contributed by atoms with van der Waals surface area (Å²) in [5.74, 6) is 1.71. The van der Waals surface area contributed by atoms with Gasteiger partial charge in [-0.1, -0.05) is 22.1 Å². The number of nitrogens with one attached hydrogen (secondary N) is 2. The van der Waals surface area contributed by atoms with Crippen LogP contribution in [0.5, 0.6) is 0 Å². The first-order valence-corrected chi connectivity index (χ1v) is 14.8. The molecule has 0 aromatic rings. The summed E-state index contributed by atoms with van der Waals surface area (Å²) in [7, 11) is 1.56. The van der Waals surface area contributed by atoms with E-state index in [2.05, 4.69) is 15.8 Å². The van der Waals surface area contributed by atoms with Gasteiger partial charge in [-0.2, -0.15) is 0 Å². The van der Waals surface area contributed by atoms with Crippen molar-refractivity contribution in [1.29, 1.82) is 0 Å². The second-order valence-corrected chi connectivity index (χ2v) is 13.2.